The Labute approximate surface area is 118 Å². The Morgan fingerprint density at radius 2 is 2.11 bits per heavy atom. The van der Waals surface area contributed by atoms with E-state index in [-0.39, 0.29) is 24.7 Å². The topological polar surface area (TPSA) is 84.6 Å². The molecule has 0 unspecified atom stereocenters. The summed E-state index contributed by atoms with van der Waals surface area (Å²) in [7, 11) is 1.52. The van der Waals surface area contributed by atoms with Crippen LogP contribution in [0.3, 0.4) is 0 Å². The lowest BCUT2D eigenvalue weighted by atomic mass is 10.1. The number of aliphatic hydroxyl groups is 1. The Bertz CT molecular complexity index is 438. The van der Waals surface area contributed by atoms with Gasteiger partial charge < -0.3 is 15.2 Å². The van der Waals surface area contributed by atoms with Crippen molar-refractivity contribution in [3.05, 3.63) is 33.9 Å². The largest absolute Gasteiger partial charge is 0.496 e. The first kappa shape index (κ1) is 17.6. The van der Waals surface area contributed by atoms with Crippen molar-refractivity contribution in [3.8, 4) is 5.75 Å². The number of benzene rings is 1. The van der Waals surface area contributed by atoms with Crippen LogP contribution >= 0.6 is 12.4 Å². The summed E-state index contributed by atoms with van der Waals surface area (Å²) in [5.74, 6) is 0.585. The van der Waals surface area contributed by atoms with E-state index in [1.807, 2.05) is 13.8 Å². The lowest BCUT2D eigenvalue weighted by molar-refractivity contribution is -0.384. The molecule has 19 heavy (non-hydrogen) atoms. The smallest absolute Gasteiger partial charge is 0.270 e. The van der Waals surface area contributed by atoms with E-state index >= 15 is 0 Å². The van der Waals surface area contributed by atoms with Gasteiger partial charge in [0.1, 0.15) is 5.75 Å². The molecular weight excluding hydrogens is 272 g/mol. The fourth-order valence-electron chi connectivity index (χ4n) is 1.41. The monoisotopic (exact) mass is 290 g/mol. The highest BCUT2D eigenvalue weighted by Gasteiger charge is 2.17. The number of nitro benzene ring substituents is 1. The van der Waals surface area contributed by atoms with Gasteiger partial charge in [-0.15, -0.1) is 12.4 Å². The summed E-state index contributed by atoms with van der Waals surface area (Å²) < 4.78 is 5.15. The third kappa shape index (κ3) is 5.02. The summed E-state index contributed by atoms with van der Waals surface area (Å²) in [6, 6.07) is 4.44. The number of nitrogens with one attached hydrogen (secondary N) is 1. The number of aliphatic hydroxyl groups excluding tert-OH is 1. The summed E-state index contributed by atoms with van der Waals surface area (Å²) in [6.07, 6.45) is 0. The third-order valence-electron chi connectivity index (χ3n) is 2.63. The molecule has 0 radical (unpaired) electrons. The molecule has 0 aromatic heterocycles. The first-order chi connectivity index (χ1) is 8.39. The number of nitro groups is 1. The highest BCUT2D eigenvalue weighted by Crippen LogP contribution is 2.24. The Morgan fingerprint density at radius 1 is 1.47 bits per heavy atom. The summed E-state index contributed by atoms with van der Waals surface area (Å²) >= 11 is 0. The number of halogens is 1. The van der Waals surface area contributed by atoms with E-state index in [2.05, 4.69) is 5.32 Å². The first-order valence-electron chi connectivity index (χ1n) is 5.57. The van der Waals surface area contributed by atoms with Crippen LogP contribution in [0, 0.1) is 10.1 Å². The van der Waals surface area contributed by atoms with E-state index in [0.29, 0.717) is 17.9 Å². The van der Waals surface area contributed by atoms with Crippen LogP contribution in [0.1, 0.15) is 19.4 Å². The number of non-ortho nitro benzene ring substituents is 1. The highest BCUT2D eigenvalue weighted by molar-refractivity contribution is 5.85. The summed E-state index contributed by atoms with van der Waals surface area (Å²) in [5.41, 5.74) is 0.262. The second-order valence-electron chi connectivity index (χ2n) is 4.65. The predicted octanol–water partition coefficient (Wildman–Crippen LogP) is 1.89. The molecule has 0 fully saturated rings. The van der Waals surface area contributed by atoms with E-state index < -0.39 is 10.5 Å². The molecule has 2 N–H and O–H groups in total. The SMILES string of the molecule is COc1ccc([N+](=O)[O-])cc1CNC(C)(C)CO.Cl. The van der Waals surface area contributed by atoms with E-state index in [1.165, 1.54) is 19.2 Å². The third-order valence-corrected chi connectivity index (χ3v) is 2.63. The number of nitrogens with zero attached hydrogens (tertiary/aromatic N) is 1. The predicted molar refractivity (Wildman–Crippen MR) is 74.9 cm³/mol. The van der Waals surface area contributed by atoms with Gasteiger partial charge >= 0.3 is 0 Å². The minimum Gasteiger partial charge on any atom is -0.496 e. The molecular formula is C12H19ClN2O4. The van der Waals surface area contributed by atoms with Gasteiger partial charge in [0.05, 0.1) is 18.6 Å². The normalized spacial score (nSPS) is 10.7. The minimum atomic E-state index is -0.449. The van der Waals surface area contributed by atoms with Gasteiger partial charge in [-0.25, -0.2) is 0 Å². The number of ether oxygens (including phenoxy) is 1. The van der Waals surface area contributed by atoms with E-state index in [0.717, 1.165) is 0 Å². The Balaban J connectivity index is 0.00000324. The zero-order chi connectivity index (χ0) is 13.8. The van der Waals surface area contributed by atoms with Gasteiger partial charge in [-0.3, -0.25) is 10.1 Å². The fourth-order valence-corrected chi connectivity index (χ4v) is 1.41. The summed E-state index contributed by atoms with van der Waals surface area (Å²) in [5, 5.41) is 23.0. The van der Waals surface area contributed by atoms with Gasteiger partial charge in [-0.05, 0) is 19.9 Å². The molecule has 0 saturated heterocycles. The van der Waals surface area contributed by atoms with Crippen molar-refractivity contribution < 1.29 is 14.8 Å². The van der Waals surface area contributed by atoms with Gasteiger partial charge in [0, 0.05) is 29.8 Å². The van der Waals surface area contributed by atoms with Gasteiger partial charge in [0.25, 0.3) is 5.69 Å². The van der Waals surface area contributed by atoms with Crippen molar-refractivity contribution in [2.24, 2.45) is 0 Å². The molecule has 1 aromatic rings. The maximum atomic E-state index is 10.7. The molecule has 0 heterocycles. The Kier molecular flexibility index (Phi) is 6.75. The van der Waals surface area contributed by atoms with E-state index in [1.54, 1.807) is 6.07 Å². The van der Waals surface area contributed by atoms with Crippen molar-refractivity contribution in [1.29, 1.82) is 0 Å². The second-order valence-corrected chi connectivity index (χ2v) is 4.65. The van der Waals surface area contributed by atoms with Crippen molar-refractivity contribution in [1.82, 2.24) is 5.32 Å². The van der Waals surface area contributed by atoms with Crippen molar-refractivity contribution in [2.45, 2.75) is 25.9 Å². The molecule has 0 saturated carbocycles. The maximum Gasteiger partial charge on any atom is 0.270 e. The van der Waals surface area contributed by atoms with Crippen LogP contribution in [-0.2, 0) is 6.54 Å². The highest BCUT2D eigenvalue weighted by atomic mass is 35.5. The van der Waals surface area contributed by atoms with Crippen LogP contribution < -0.4 is 10.1 Å². The molecule has 0 spiro atoms. The average molecular weight is 291 g/mol. The molecule has 0 amide bonds. The zero-order valence-electron chi connectivity index (χ0n) is 11.2. The molecule has 1 aromatic carbocycles. The van der Waals surface area contributed by atoms with Crippen LogP contribution in [0.2, 0.25) is 0 Å². The van der Waals surface area contributed by atoms with E-state index in [4.69, 9.17) is 9.84 Å². The number of hydrogen-bond donors (Lipinski definition) is 2. The van der Waals surface area contributed by atoms with Gasteiger partial charge in [0.15, 0.2) is 0 Å². The van der Waals surface area contributed by atoms with Crippen molar-refractivity contribution >= 4 is 18.1 Å². The van der Waals surface area contributed by atoms with Crippen LogP contribution in [0.4, 0.5) is 5.69 Å². The van der Waals surface area contributed by atoms with Crippen LogP contribution in [-0.4, -0.2) is 29.3 Å². The molecule has 6 nitrogen and oxygen atoms in total. The quantitative estimate of drug-likeness (QED) is 0.617. The molecule has 0 aliphatic heterocycles. The average Bonchev–Trinajstić information content (AvgIpc) is 2.36. The molecule has 0 aliphatic carbocycles. The standard InChI is InChI=1S/C12H18N2O4.ClH/c1-12(2,8-15)13-7-9-6-10(14(16)17)4-5-11(9)18-3;/h4-6,13,15H,7-8H2,1-3H3;1H. The Hall–Kier alpha value is -1.37. The van der Waals surface area contributed by atoms with Crippen molar-refractivity contribution in [3.63, 3.8) is 0 Å². The molecule has 0 aliphatic rings. The Morgan fingerprint density at radius 3 is 2.58 bits per heavy atom. The van der Waals surface area contributed by atoms with Crippen LogP contribution in [0.15, 0.2) is 18.2 Å². The van der Waals surface area contributed by atoms with Crippen molar-refractivity contribution in [2.75, 3.05) is 13.7 Å². The molecule has 0 bridgehead atoms. The zero-order valence-corrected chi connectivity index (χ0v) is 12.0. The minimum absolute atomic E-state index is 0. The van der Waals surface area contributed by atoms with Gasteiger partial charge in [-0.2, -0.15) is 0 Å². The second kappa shape index (κ2) is 7.28. The first-order valence-corrected chi connectivity index (χ1v) is 5.57. The van der Waals surface area contributed by atoms with Gasteiger partial charge in [0.2, 0.25) is 0 Å². The molecule has 108 valence electrons. The lowest BCUT2D eigenvalue weighted by Gasteiger charge is -2.24. The molecule has 0 atom stereocenters. The number of methoxy groups -OCH3 is 1. The molecule has 1 rings (SSSR count). The maximum absolute atomic E-state index is 10.7. The van der Waals surface area contributed by atoms with Crippen LogP contribution in [0.25, 0.3) is 0 Å². The molecule has 7 heteroatoms. The van der Waals surface area contributed by atoms with Crippen LogP contribution in [0.5, 0.6) is 5.75 Å². The lowest BCUT2D eigenvalue weighted by Crippen LogP contribution is -2.42. The number of hydrogen-bond acceptors (Lipinski definition) is 5. The number of rotatable bonds is 6. The summed E-state index contributed by atoms with van der Waals surface area (Å²) in [4.78, 5) is 10.3. The van der Waals surface area contributed by atoms with E-state index in [9.17, 15) is 10.1 Å². The summed E-state index contributed by atoms with van der Waals surface area (Å²) in [6.45, 7) is 4.05. The van der Waals surface area contributed by atoms with Gasteiger partial charge in [-0.1, -0.05) is 0 Å². The fraction of sp³-hybridized carbons (Fsp3) is 0.500.